The zero-order valence-corrected chi connectivity index (χ0v) is 24.9. The maximum absolute atomic E-state index is 6.77. The average molecular weight is 517 g/mol. The van der Waals surface area contributed by atoms with E-state index < -0.39 is 0 Å². The van der Waals surface area contributed by atoms with Gasteiger partial charge in [-0.1, -0.05) is 91.8 Å². The predicted molar refractivity (Wildman–Crippen MR) is 171 cm³/mol. The van der Waals surface area contributed by atoms with Crippen LogP contribution in [0.2, 0.25) is 0 Å². The molecule has 4 N–H and O–H groups in total. The molecule has 0 unspecified atom stereocenters. The van der Waals surface area contributed by atoms with Crippen molar-refractivity contribution < 1.29 is 0 Å². The van der Waals surface area contributed by atoms with Crippen LogP contribution in [-0.2, 0) is 6.42 Å². The summed E-state index contributed by atoms with van der Waals surface area (Å²) in [5.74, 6) is 1.38. The summed E-state index contributed by atoms with van der Waals surface area (Å²) in [6, 6.07) is 22.9. The van der Waals surface area contributed by atoms with Crippen molar-refractivity contribution >= 4 is 11.4 Å². The van der Waals surface area contributed by atoms with Crippen LogP contribution >= 0.6 is 0 Å². The monoisotopic (exact) mass is 516 g/mol. The smallest absolute Gasteiger partial charge is 0.0384 e. The molecule has 5 rings (SSSR count). The number of benzene rings is 4. The minimum absolute atomic E-state index is 0.344. The minimum Gasteiger partial charge on any atom is -0.398 e. The first-order valence-corrected chi connectivity index (χ1v) is 14.6. The maximum Gasteiger partial charge on any atom is 0.0384 e. The second-order valence-electron chi connectivity index (χ2n) is 12.6. The Hall–Kier alpha value is -3.52. The van der Waals surface area contributed by atoms with E-state index in [1.165, 1.54) is 66.8 Å². The van der Waals surface area contributed by atoms with Crippen molar-refractivity contribution in [2.75, 3.05) is 11.5 Å². The predicted octanol–water partition coefficient (Wildman–Crippen LogP) is 10.2. The molecule has 1 aliphatic rings. The highest BCUT2D eigenvalue weighted by Crippen LogP contribution is 2.48. The van der Waals surface area contributed by atoms with E-state index >= 15 is 0 Å². The molecule has 202 valence electrons. The first kappa shape index (κ1) is 27.1. The number of nitrogens with two attached hydrogens (primary N) is 2. The van der Waals surface area contributed by atoms with E-state index in [0.717, 1.165) is 17.8 Å². The van der Waals surface area contributed by atoms with E-state index in [1.54, 1.807) is 0 Å². The van der Waals surface area contributed by atoms with Crippen LogP contribution in [0.1, 0.15) is 112 Å². The fourth-order valence-electron chi connectivity index (χ4n) is 6.39. The SMILES string of the molecule is CC(C)c1cc(-c2ccc3c(c2-c2cc(C(C)C)c(N)c(C(C)C)c2)Cc2ccccc2-3)cc(C(C)C)c1N. The van der Waals surface area contributed by atoms with Gasteiger partial charge in [0.1, 0.15) is 0 Å². The van der Waals surface area contributed by atoms with Gasteiger partial charge in [0.15, 0.2) is 0 Å². The summed E-state index contributed by atoms with van der Waals surface area (Å²) in [5.41, 5.74) is 31.0. The van der Waals surface area contributed by atoms with Gasteiger partial charge < -0.3 is 11.5 Å². The average Bonchev–Trinajstić information content (AvgIpc) is 3.26. The number of hydrogen-bond donors (Lipinski definition) is 2. The van der Waals surface area contributed by atoms with E-state index in [2.05, 4.69) is 116 Å². The Morgan fingerprint density at radius 2 is 0.949 bits per heavy atom. The van der Waals surface area contributed by atoms with Crippen LogP contribution in [0.5, 0.6) is 0 Å². The van der Waals surface area contributed by atoms with Crippen molar-refractivity contribution in [3.8, 4) is 33.4 Å². The molecule has 1 aliphatic carbocycles. The minimum atomic E-state index is 0.344. The Balaban J connectivity index is 1.88. The largest absolute Gasteiger partial charge is 0.398 e. The van der Waals surface area contributed by atoms with Crippen molar-refractivity contribution in [1.82, 2.24) is 0 Å². The maximum atomic E-state index is 6.77. The standard InChI is InChI=1S/C37H44N2/c1-20(2)30-16-25(17-31(21(3)4)36(30)38)28-13-14-29-27-12-10-9-11-24(27)15-34(29)35(28)26-18-32(22(5)6)37(39)33(19-26)23(7)8/h9-14,16-23H,15,38-39H2,1-8H3. The number of fused-ring (bicyclic) bond motifs is 3. The molecule has 4 aromatic rings. The molecule has 0 heterocycles. The third kappa shape index (κ3) is 4.65. The topological polar surface area (TPSA) is 52.0 Å². The Morgan fingerprint density at radius 1 is 0.513 bits per heavy atom. The molecule has 0 aliphatic heterocycles. The molecule has 2 nitrogen and oxygen atoms in total. The summed E-state index contributed by atoms with van der Waals surface area (Å²) in [6.07, 6.45) is 0.941. The highest BCUT2D eigenvalue weighted by Gasteiger charge is 2.26. The van der Waals surface area contributed by atoms with E-state index in [4.69, 9.17) is 11.5 Å². The van der Waals surface area contributed by atoms with Crippen LogP contribution in [-0.4, -0.2) is 0 Å². The molecule has 0 saturated carbocycles. The third-order valence-corrected chi connectivity index (χ3v) is 8.56. The molecule has 0 bridgehead atoms. The normalized spacial score (nSPS) is 12.6. The van der Waals surface area contributed by atoms with Crippen molar-refractivity contribution in [1.29, 1.82) is 0 Å². The van der Waals surface area contributed by atoms with Crippen molar-refractivity contribution in [3.63, 3.8) is 0 Å². The molecule has 0 spiro atoms. The second-order valence-corrected chi connectivity index (χ2v) is 12.6. The summed E-state index contributed by atoms with van der Waals surface area (Å²) in [6.45, 7) is 17.9. The number of hydrogen-bond acceptors (Lipinski definition) is 2. The number of rotatable bonds is 6. The molecule has 39 heavy (non-hydrogen) atoms. The highest BCUT2D eigenvalue weighted by molar-refractivity contribution is 5.95. The van der Waals surface area contributed by atoms with E-state index in [9.17, 15) is 0 Å². The van der Waals surface area contributed by atoms with Gasteiger partial charge in [0.05, 0.1) is 0 Å². The van der Waals surface area contributed by atoms with Crippen molar-refractivity contribution in [2.45, 2.75) is 85.5 Å². The number of anilines is 2. The van der Waals surface area contributed by atoms with Gasteiger partial charge in [0.25, 0.3) is 0 Å². The molecular formula is C37H44N2. The summed E-state index contributed by atoms with van der Waals surface area (Å²) in [5, 5.41) is 0. The second kappa shape index (κ2) is 10.2. The molecule has 4 aromatic carbocycles. The molecule has 2 heteroatoms. The van der Waals surface area contributed by atoms with Crippen LogP contribution in [0, 0.1) is 0 Å². The first-order chi connectivity index (χ1) is 18.5. The van der Waals surface area contributed by atoms with E-state index in [1.807, 2.05) is 0 Å². The van der Waals surface area contributed by atoms with Gasteiger partial charge >= 0.3 is 0 Å². The Morgan fingerprint density at radius 3 is 1.44 bits per heavy atom. The van der Waals surface area contributed by atoms with Crippen LogP contribution < -0.4 is 11.5 Å². The summed E-state index contributed by atoms with van der Waals surface area (Å²) in [4.78, 5) is 0. The third-order valence-electron chi connectivity index (χ3n) is 8.56. The lowest BCUT2D eigenvalue weighted by atomic mass is 9.82. The zero-order valence-electron chi connectivity index (χ0n) is 24.9. The lowest BCUT2D eigenvalue weighted by Crippen LogP contribution is -2.06. The zero-order chi connectivity index (χ0) is 28.2. The highest BCUT2D eigenvalue weighted by atomic mass is 14.6. The molecule has 0 saturated heterocycles. The molecule has 0 aromatic heterocycles. The fourth-order valence-corrected chi connectivity index (χ4v) is 6.39. The van der Waals surface area contributed by atoms with Crippen LogP contribution in [0.3, 0.4) is 0 Å². The van der Waals surface area contributed by atoms with Gasteiger partial charge in [-0.2, -0.15) is 0 Å². The van der Waals surface area contributed by atoms with Gasteiger partial charge in [-0.15, -0.1) is 0 Å². The first-order valence-electron chi connectivity index (χ1n) is 14.6. The van der Waals surface area contributed by atoms with E-state index in [0.29, 0.717) is 23.7 Å². The summed E-state index contributed by atoms with van der Waals surface area (Å²) < 4.78 is 0. The Labute approximate surface area is 235 Å². The molecule has 0 radical (unpaired) electrons. The molecule has 0 fully saturated rings. The number of nitrogen functional groups attached to an aromatic ring is 2. The van der Waals surface area contributed by atoms with Crippen LogP contribution in [0.15, 0.2) is 60.7 Å². The summed E-state index contributed by atoms with van der Waals surface area (Å²) >= 11 is 0. The molecule has 0 amide bonds. The van der Waals surface area contributed by atoms with Gasteiger partial charge in [-0.25, -0.2) is 0 Å². The fraction of sp³-hybridized carbons (Fsp3) is 0.351. The van der Waals surface area contributed by atoms with Crippen LogP contribution in [0.25, 0.3) is 33.4 Å². The lowest BCUT2D eigenvalue weighted by molar-refractivity contribution is 0.839. The van der Waals surface area contributed by atoms with Gasteiger partial charge in [0.2, 0.25) is 0 Å². The van der Waals surface area contributed by atoms with E-state index in [-0.39, 0.29) is 0 Å². The van der Waals surface area contributed by atoms with Crippen molar-refractivity contribution in [3.05, 3.63) is 94.0 Å². The van der Waals surface area contributed by atoms with Gasteiger partial charge in [-0.05, 0) is 121 Å². The van der Waals surface area contributed by atoms with Gasteiger partial charge in [-0.3, -0.25) is 0 Å². The van der Waals surface area contributed by atoms with Gasteiger partial charge in [0, 0.05) is 11.4 Å². The Kier molecular flexibility index (Phi) is 7.10. The van der Waals surface area contributed by atoms with Crippen LogP contribution in [0.4, 0.5) is 11.4 Å². The Bertz CT molecular complexity index is 1490. The molecular weight excluding hydrogens is 472 g/mol. The lowest BCUT2D eigenvalue weighted by Gasteiger charge is -2.24. The quantitative estimate of drug-likeness (QED) is 0.221. The molecule has 0 atom stereocenters. The summed E-state index contributed by atoms with van der Waals surface area (Å²) in [7, 11) is 0. The van der Waals surface area contributed by atoms with Crippen molar-refractivity contribution in [2.24, 2.45) is 0 Å².